The maximum Gasteiger partial charge on any atom is 0.311 e. The van der Waals surface area contributed by atoms with E-state index in [0.29, 0.717) is 13.0 Å². The van der Waals surface area contributed by atoms with Crippen LogP contribution in [0.25, 0.3) is 0 Å². The van der Waals surface area contributed by atoms with Crippen molar-refractivity contribution in [1.82, 2.24) is 0 Å². The number of ketones is 1. The first-order valence-electron chi connectivity index (χ1n) is 3.85. The van der Waals surface area contributed by atoms with Crippen LogP contribution in [0.2, 0.25) is 0 Å². The summed E-state index contributed by atoms with van der Waals surface area (Å²) in [6.07, 6.45) is 0.0521. The van der Waals surface area contributed by atoms with E-state index < -0.39 is 6.10 Å². The molecule has 0 amide bonds. The Morgan fingerprint density at radius 1 is 1.50 bits per heavy atom. The van der Waals surface area contributed by atoms with Crippen molar-refractivity contribution in [3.05, 3.63) is 0 Å². The van der Waals surface area contributed by atoms with E-state index in [2.05, 4.69) is 4.74 Å². The predicted octanol–water partition coefficient (Wildman–Crippen LogP) is 0.153. The van der Waals surface area contributed by atoms with Gasteiger partial charge in [0.15, 0.2) is 5.78 Å². The zero-order chi connectivity index (χ0) is 9.14. The Bertz CT molecular complexity index is 199. The SMILES string of the molecule is COC(=O)[C@@H]1CO[C@H](C(C)=O)C1. The highest BCUT2D eigenvalue weighted by Crippen LogP contribution is 2.20. The molecule has 1 aliphatic heterocycles. The minimum Gasteiger partial charge on any atom is -0.469 e. The molecule has 0 spiro atoms. The number of hydrogen-bond donors (Lipinski definition) is 0. The summed E-state index contributed by atoms with van der Waals surface area (Å²) in [5.74, 6) is -0.580. The molecule has 1 saturated heterocycles. The lowest BCUT2D eigenvalue weighted by molar-refractivity contribution is -0.145. The van der Waals surface area contributed by atoms with Crippen molar-refractivity contribution in [1.29, 1.82) is 0 Å². The smallest absolute Gasteiger partial charge is 0.311 e. The van der Waals surface area contributed by atoms with Gasteiger partial charge < -0.3 is 9.47 Å². The third-order valence-electron chi connectivity index (χ3n) is 1.99. The van der Waals surface area contributed by atoms with Gasteiger partial charge in [-0.3, -0.25) is 9.59 Å². The van der Waals surface area contributed by atoms with Gasteiger partial charge in [-0.2, -0.15) is 0 Å². The van der Waals surface area contributed by atoms with Crippen LogP contribution in [-0.4, -0.2) is 31.6 Å². The molecule has 12 heavy (non-hydrogen) atoms. The number of carbonyl (C=O) groups is 2. The molecule has 4 heteroatoms. The van der Waals surface area contributed by atoms with Crippen molar-refractivity contribution in [3.63, 3.8) is 0 Å². The number of Topliss-reactive ketones (excluding diaryl/α,β-unsaturated/α-hetero) is 1. The topological polar surface area (TPSA) is 52.6 Å². The molecular weight excluding hydrogens is 160 g/mol. The first-order chi connectivity index (χ1) is 5.65. The van der Waals surface area contributed by atoms with Gasteiger partial charge in [0.2, 0.25) is 0 Å². The van der Waals surface area contributed by atoms with Crippen molar-refractivity contribution < 1.29 is 19.1 Å². The number of ether oxygens (including phenoxy) is 2. The molecule has 1 fully saturated rings. The highest BCUT2D eigenvalue weighted by molar-refractivity contribution is 5.82. The largest absolute Gasteiger partial charge is 0.469 e. The van der Waals surface area contributed by atoms with Crippen molar-refractivity contribution in [2.24, 2.45) is 5.92 Å². The van der Waals surface area contributed by atoms with Crippen LogP contribution in [0.5, 0.6) is 0 Å². The zero-order valence-electron chi connectivity index (χ0n) is 7.20. The molecular formula is C8H12O4. The van der Waals surface area contributed by atoms with E-state index in [0.717, 1.165) is 0 Å². The second-order valence-electron chi connectivity index (χ2n) is 2.89. The van der Waals surface area contributed by atoms with Crippen LogP contribution in [0.4, 0.5) is 0 Å². The predicted molar refractivity (Wildman–Crippen MR) is 40.5 cm³/mol. The van der Waals surface area contributed by atoms with Gasteiger partial charge >= 0.3 is 5.97 Å². The van der Waals surface area contributed by atoms with Gasteiger partial charge in [0.25, 0.3) is 0 Å². The van der Waals surface area contributed by atoms with Crippen LogP contribution >= 0.6 is 0 Å². The van der Waals surface area contributed by atoms with Gasteiger partial charge in [-0.25, -0.2) is 0 Å². The summed E-state index contributed by atoms with van der Waals surface area (Å²) < 4.78 is 9.63. The van der Waals surface area contributed by atoms with E-state index in [1.807, 2.05) is 0 Å². The van der Waals surface area contributed by atoms with Crippen molar-refractivity contribution in [2.45, 2.75) is 19.4 Å². The second kappa shape index (κ2) is 3.67. The molecule has 0 radical (unpaired) electrons. The minimum absolute atomic E-state index is 0.0265. The van der Waals surface area contributed by atoms with Gasteiger partial charge in [0.05, 0.1) is 19.6 Å². The summed E-state index contributed by atoms with van der Waals surface area (Å²) in [5.41, 5.74) is 0. The zero-order valence-corrected chi connectivity index (χ0v) is 7.20. The van der Waals surface area contributed by atoms with Gasteiger partial charge in [0.1, 0.15) is 6.10 Å². The molecule has 2 atom stereocenters. The standard InChI is InChI=1S/C8H12O4/c1-5(9)7-3-6(4-12-7)8(10)11-2/h6-7H,3-4H2,1-2H3/t6-,7-/m0/s1. The van der Waals surface area contributed by atoms with E-state index in [1.54, 1.807) is 0 Å². The minimum atomic E-state index is -0.408. The maximum atomic E-state index is 11.0. The van der Waals surface area contributed by atoms with Gasteiger partial charge in [-0.1, -0.05) is 0 Å². The quantitative estimate of drug-likeness (QED) is 0.556. The van der Waals surface area contributed by atoms with Gasteiger partial charge in [-0.15, -0.1) is 0 Å². The lowest BCUT2D eigenvalue weighted by Gasteiger charge is -2.03. The van der Waals surface area contributed by atoms with Crippen LogP contribution in [0.3, 0.4) is 0 Å². The van der Waals surface area contributed by atoms with E-state index in [4.69, 9.17) is 4.74 Å². The molecule has 68 valence electrons. The summed E-state index contributed by atoms with van der Waals surface area (Å²) in [6, 6.07) is 0. The molecule has 0 aromatic rings. The van der Waals surface area contributed by atoms with Gasteiger partial charge in [-0.05, 0) is 13.3 Å². The number of carbonyl (C=O) groups excluding carboxylic acids is 2. The third kappa shape index (κ3) is 1.82. The Morgan fingerprint density at radius 3 is 2.58 bits per heavy atom. The molecule has 0 N–H and O–H groups in total. The summed E-state index contributed by atoms with van der Waals surface area (Å²) in [7, 11) is 1.34. The fourth-order valence-electron chi connectivity index (χ4n) is 1.24. The molecule has 0 unspecified atom stereocenters. The monoisotopic (exact) mass is 172 g/mol. The summed E-state index contributed by atoms with van der Waals surface area (Å²) >= 11 is 0. The summed E-state index contributed by atoms with van der Waals surface area (Å²) in [4.78, 5) is 21.8. The highest BCUT2D eigenvalue weighted by Gasteiger charge is 2.33. The van der Waals surface area contributed by atoms with Crippen LogP contribution in [-0.2, 0) is 19.1 Å². The highest BCUT2D eigenvalue weighted by atomic mass is 16.5. The Hall–Kier alpha value is -0.900. The normalized spacial score (nSPS) is 28.5. The van der Waals surface area contributed by atoms with Crippen LogP contribution in [0.15, 0.2) is 0 Å². The summed E-state index contributed by atoms with van der Waals surface area (Å²) in [5, 5.41) is 0. The van der Waals surface area contributed by atoms with Crippen molar-refractivity contribution in [2.75, 3.05) is 13.7 Å². The molecule has 0 aliphatic carbocycles. The number of hydrogen-bond acceptors (Lipinski definition) is 4. The first-order valence-corrected chi connectivity index (χ1v) is 3.85. The number of esters is 1. The average molecular weight is 172 g/mol. The Labute approximate surface area is 70.8 Å². The fraction of sp³-hybridized carbons (Fsp3) is 0.750. The lowest BCUT2D eigenvalue weighted by Crippen LogP contribution is -2.18. The van der Waals surface area contributed by atoms with E-state index >= 15 is 0 Å². The molecule has 0 aromatic heterocycles. The molecule has 1 heterocycles. The molecule has 0 saturated carbocycles. The Morgan fingerprint density at radius 2 is 2.17 bits per heavy atom. The molecule has 4 nitrogen and oxygen atoms in total. The molecule has 0 aromatic carbocycles. The molecule has 1 rings (SSSR count). The van der Waals surface area contributed by atoms with Crippen molar-refractivity contribution in [3.8, 4) is 0 Å². The van der Waals surface area contributed by atoms with Gasteiger partial charge in [0, 0.05) is 0 Å². The summed E-state index contributed by atoms with van der Waals surface area (Å²) in [6.45, 7) is 1.77. The average Bonchev–Trinajstić information content (AvgIpc) is 2.51. The fourth-order valence-corrected chi connectivity index (χ4v) is 1.24. The third-order valence-corrected chi connectivity index (χ3v) is 1.99. The second-order valence-corrected chi connectivity index (χ2v) is 2.89. The Balaban J connectivity index is 2.45. The number of rotatable bonds is 2. The van der Waals surface area contributed by atoms with Crippen LogP contribution in [0, 0.1) is 5.92 Å². The number of methoxy groups -OCH3 is 1. The maximum absolute atomic E-state index is 11.0. The van der Waals surface area contributed by atoms with E-state index in [1.165, 1.54) is 14.0 Å². The first kappa shape index (κ1) is 9.19. The molecule has 1 aliphatic rings. The van der Waals surface area contributed by atoms with E-state index in [-0.39, 0.29) is 17.7 Å². The lowest BCUT2D eigenvalue weighted by atomic mass is 10.0. The molecule has 0 bridgehead atoms. The Kier molecular flexibility index (Phi) is 2.81. The van der Waals surface area contributed by atoms with Crippen LogP contribution < -0.4 is 0 Å². The van der Waals surface area contributed by atoms with E-state index in [9.17, 15) is 9.59 Å². The van der Waals surface area contributed by atoms with Crippen LogP contribution in [0.1, 0.15) is 13.3 Å². The van der Waals surface area contributed by atoms with Crippen molar-refractivity contribution >= 4 is 11.8 Å².